The molecule has 0 aliphatic carbocycles. The van der Waals surface area contributed by atoms with Crippen LogP contribution >= 0.6 is 11.6 Å². The highest BCUT2D eigenvalue weighted by atomic mass is 35.5. The van der Waals surface area contributed by atoms with Crippen LogP contribution in [-0.4, -0.2) is 21.3 Å². The molecule has 0 N–H and O–H groups in total. The Morgan fingerprint density at radius 1 is 1.45 bits per heavy atom. The third kappa shape index (κ3) is 3.48. The zero-order chi connectivity index (χ0) is 14.5. The molecule has 2 aromatic rings. The molecule has 0 amide bonds. The number of halogens is 1. The number of benzene rings is 1. The van der Waals surface area contributed by atoms with E-state index in [4.69, 9.17) is 16.3 Å². The molecule has 0 saturated carbocycles. The summed E-state index contributed by atoms with van der Waals surface area (Å²) in [6.07, 6.45) is 4.27. The van der Waals surface area contributed by atoms with E-state index in [0.717, 1.165) is 5.56 Å². The molecule has 0 spiro atoms. The minimum Gasteiger partial charge on any atom is -0.486 e. The molecule has 106 valence electrons. The molecule has 1 heterocycles. The molecule has 1 aromatic heterocycles. The molecule has 2 rings (SSSR count). The monoisotopic (exact) mass is 295 g/mol. The van der Waals surface area contributed by atoms with Crippen LogP contribution in [0, 0.1) is 10.1 Å². The molecule has 1 aromatic carbocycles. The second-order valence-corrected chi connectivity index (χ2v) is 4.58. The molecule has 6 nitrogen and oxygen atoms in total. The van der Waals surface area contributed by atoms with Crippen LogP contribution in [0.1, 0.15) is 11.1 Å². The van der Waals surface area contributed by atoms with Gasteiger partial charge in [-0.15, -0.1) is 11.6 Å². The van der Waals surface area contributed by atoms with Crippen molar-refractivity contribution in [3.63, 3.8) is 0 Å². The average Bonchev–Trinajstić information content (AvgIpc) is 2.84. The number of nitro benzene ring substituents is 1. The first-order valence-corrected chi connectivity index (χ1v) is 6.57. The zero-order valence-electron chi connectivity index (χ0n) is 11.0. The van der Waals surface area contributed by atoms with Crippen molar-refractivity contribution in [3.8, 4) is 5.75 Å². The van der Waals surface area contributed by atoms with E-state index in [1.54, 1.807) is 23.0 Å². The summed E-state index contributed by atoms with van der Waals surface area (Å²) in [5.41, 5.74) is 1.65. The highest BCUT2D eigenvalue weighted by Crippen LogP contribution is 2.28. The second kappa shape index (κ2) is 6.38. The van der Waals surface area contributed by atoms with Crippen molar-refractivity contribution in [2.75, 3.05) is 6.61 Å². The Labute approximate surface area is 121 Å². The molecule has 0 radical (unpaired) electrons. The van der Waals surface area contributed by atoms with Crippen molar-refractivity contribution in [1.82, 2.24) is 9.78 Å². The minimum atomic E-state index is -0.463. The van der Waals surface area contributed by atoms with Crippen molar-refractivity contribution in [2.45, 2.75) is 12.3 Å². The van der Waals surface area contributed by atoms with Gasteiger partial charge in [-0.25, -0.2) is 0 Å². The van der Waals surface area contributed by atoms with Crippen LogP contribution in [0.5, 0.6) is 5.75 Å². The smallest absolute Gasteiger partial charge is 0.311 e. The van der Waals surface area contributed by atoms with Crippen molar-refractivity contribution in [1.29, 1.82) is 0 Å². The highest BCUT2D eigenvalue weighted by Gasteiger charge is 2.15. The number of hydrogen-bond donors (Lipinski definition) is 0. The number of alkyl halides is 1. The number of nitro groups is 1. The molecular formula is C13H14ClN3O3. The number of ether oxygens (including phenoxy) is 1. The van der Waals surface area contributed by atoms with Gasteiger partial charge in [-0.1, -0.05) is 6.07 Å². The van der Waals surface area contributed by atoms with E-state index in [0.29, 0.717) is 18.6 Å². The maximum atomic E-state index is 11.0. The predicted molar refractivity (Wildman–Crippen MR) is 75.1 cm³/mol. The van der Waals surface area contributed by atoms with Crippen LogP contribution in [0.3, 0.4) is 0 Å². The summed E-state index contributed by atoms with van der Waals surface area (Å²) in [7, 11) is 1.83. The third-order valence-electron chi connectivity index (χ3n) is 2.78. The van der Waals surface area contributed by atoms with Crippen molar-refractivity contribution >= 4 is 17.3 Å². The molecule has 0 saturated heterocycles. The predicted octanol–water partition coefficient (Wildman–Crippen LogP) is 2.69. The van der Waals surface area contributed by atoms with E-state index in [2.05, 4.69) is 5.10 Å². The largest absolute Gasteiger partial charge is 0.486 e. The fraction of sp³-hybridized carbons (Fsp3) is 0.308. The van der Waals surface area contributed by atoms with E-state index < -0.39 is 4.92 Å². The standard InChI is InChI=1S/C13H14ClN3O3/c1-16-9-11(8-15-16)4-5-20-13-3-2-10(7-14)6-12(13)17(18)19/h2-3,6,8-9H,4-5,7H2,1H3. The molecule has 0 aliphatic rings. The Morgan fingerprint density at radius 3 is 2.85 bits per heavy atom. The Balaban J connectivity index is 2.03. The minimum absolute atomic E-state index is 0.0608. The Hall–Kier alpha value is -2.08. The number of aryl methyl sites for hydroxylation is 1. The maximum Gasteiger partial charge on any atom is 0.311 e. The normalized spacial score (nSPS) is 10.5. The third-order valence-corrected chi connectivity index (χ3v) is 3.09. The lowest BCUT2D eigenvalue weighted by molar-refractivity contribution is -0.385. The van der Waals surface area contributed by atoms with Gasteiger partial charge in [0.2, 0.25) is 0 Å². The van der Waals surface area contributed by atoms with Gasteiger partial charge in [-0.05, 0) is 17.2 Å². The van der Waals surface area contributed by atoms with E-state index in [1.165, 1.54) is 6.07 Å². The van der Waals surface area contributed by atoms with Crippen LogP contribution in [0.2, 0.25) is 0 Å². The first kappa shape index (κ1) is 14.3. The molecule has 20 heavy (non-hydrogen) atoms. The number of rotatable bonds is 6. The molecule has 0 unspecified atom stereocenters. The van der Waals surface area contributed by atoms with Gasteiger partial charge >= 0.3 is 5.69 Å². The molecule has 7 heteroatoms. The fourth-order valence-corrected chi connectivity index (χ4v) is 1.96. The lowest BCUT2D eigenvalue weighted by Gasteiger charge is -2.07. The van der Waals surface area contributed by atoms with Gasteiger partial charge in [0.1, 0.15) is 0 Å². The van der Waals surface area contributed by atoms with E-state index in [-0.39, 0.29) is 17.3 Å². The van der Waals surface area contributed by atoms with Gasteiger partial charge in [0.25, 0.3) is 0 Å². The summed E-state index contributed by atoms with van der Waals surface area (Å²) in [4.78, 5) is 10.5. The summed E-state index contributed by atoms with van der Waals surface area (Å²) in [6, 6.07) is 4.74. The molecule has 0 aliphatic heterocycles. The van der Waals surface area contributed by atoms with Crippen LogP contribution < -0.4 is 4.74 Å². The van der Waals surface area contributed by atoms with Gasteiger partial charge in [-0.3, -0.25) is 14.8 Å². The Morgan fingerprint density at radius 2 is 2.25 bits per heavy atom. The topological polar surface area (TPSA) is 70.2 Å². The van der Waals surface area contributed by atoms with Gasteiger partial charge in [0.05, 0.1) is 17.7 Å². The lowest BCUT2D eigenvalue weighted by Crippen LogP contribution is -2.03. The SMILES string of the molecule is Cn1cc(CCOc2ccc(CCl)cc2[N+](=O)[O-])cn1. The highest BCUT2D eigenvalue weighted by molar-refractivity contribution is 6.17. The van der Waals surface area contributed by atoms with Crippen molar-refractivity contribution in [3.05, 3.63) is 51.8 Å². The number of nitrogens with zero attached hydrogens (tertiary/aromatic N) is 3. The maximum absolute atomic E-state index is 11.0. The van der Waals surface area contributed by atoms with Crippen molar-refractivity contribution in [2.24, 2.45) is 7.05 Å². The Kier molecular flexibility index (Phi) is 4.57. The average molecular weight is 296 g/mol. The lowest BCUT2D eigenvalue weighted by atomic mass is 10.2. The van der Waals surface area contributed by atoms with E-state index in [1.807, 2.05) is 13.2 Å². The van der Waals surface area contributed by atoms with Crippen LogP contribution in [0.15, 0.2) is 30.6 Å². The number of aromatic nitrogens is 2. The van der Waals surface area contributed by atoms with Crippen LogP contribution in [0.4, 0.5) is 5.69 Å². The summed E-state index contributed by atoms with van der Waals surface area (Å²) in [5, 5.41) is 15.0. The second-order valence-electron chi connectivity index (χ2n) is 4.31. The van der Waals surface area contributed by atoms with Gasteiger partial charge in [0.15, 0.2) is 5.75 Å². The molecule has 0 atom stereocenters. The Bertz CT molecular complexity index is 613. The summed E-state index contributed by atoms with van der Waals surface area (Å²) >= 11 is 5.67. The van der Waals surface area contributed by atoms with Gasteiger partial charge in [-0.2, -0.15) is 5.10 Å². The molecule has 0 bridgehead atoms. The van der Waals surface area contributed by atoms with Crippen LogP contribution in [0.25, 0.3) is 0 Å². The summed E-state index contributed by atoms with van der Waals surface area (Å²) in [6.45, 7) is 0.354. The molecular weight excluding hydrogens is 282 g/mol. The van der Waals surface area contributed by atoms with Gasteiger partial charge < -0.3 is 4.74 Å². The van der Waals surface area contributed by atoms with E-state index >= 15 is 0 Å². The van der Waals surface area contributed by atoms with Gasteiger partial charge in [0, 0.05) is 31.6 Å². The molecule has 0 fully saturated rings. The summed E-state index contributed by atoms with van der Waals surface area (Å²) in [5.74, 6) is 0.490. The van der Waals surface area contributed by atoms with Crippen LogP contribution in [-0.2, 0) is 19.3 Å². The van der Waals surface area contributed by atoms with E-state index in [9.17, 15) is 10.1 Å². The zero-order valence-corrected chi connectivity index (χ0v) is 11.7. The fourth-order valence-electron chi connectivity index (χ4n) is 1.79. The quantitative estimate of drug-likeness (QED) is 0.467. The first-order valence-electron chi connectivity index (χ1n) is 6.03. The van der Waals surface area contributed by atoms with Crippen molar-refractivity contribution < 1.29 is 9.66 Å². The summed E-state index contributed by atoms with van der Waals surface area (Å²) < 4.78 is 7.19. The first-order chi connectivity index (χ1) is 9.60. The number of hydrogen-bond acceptors (Lipinski definition) is 4.